The minimum absolute atomic E-state index is 0.0583. The average Bonchev–Trinajstić information content (AvgIpc) is 2.95. The average molecular weight is 327 g/mol. The summed E-state index contributed by atoms with van der Waals surface area (Å²) in [6.07, 6.45) is 1.20. The van der Waals surface area contributed by atoms with Crippen molar-refractivity contribution in [1.29, 1.82) is 5.26 Å². The van der Waals surface area contributed by atoms with Gasteiger partial charge >= 0.3 is 0 Å². The lowest BCUT2D eigenvalue weighted by Crippen LogP contribution is -2.30. The molecule has 1 aromatic carbocycles. The Morgan fingerprint density at radius 2 is 2.10 bits per heavy atom. The molecule has 1 fully saturated rings. The second-order valence-electron chi connectivity index (χ2n) is 4.98. The van der Waals surface area contributed by atoms with Crippen LogP contribution in [0.25, 0.3) is 0 Å². The van der Waals surface area contributed by atoms with Gasteiger partial charge in [-0.05, 0) is 31.4 Å². The molecule has 2 atom stereocenters. The number of benzene rings is 1. The summed E-state index contributed by atoms with van der Waals surface area (Å²) in [6, 6.07) is 8.16. The number of hydrogen-bond acceptors (Lipinski definition) is 4. The van der Waals surface area contributed by atoms with Crippen molar-refractivity contribution in [2.45, 2.75) is 29.4 Å². The SMILES string of the molecule is N#CCNC(=O)C1CC[C@@H](S(=O)(=O)c2ccccc2Cl)C1. The van der Waals surface area contributed by atoms with E-state index in [9.17, 15) is 13.2 Å². The number of hydrogen-bond donors (Lipinski definition) is 1. The molecule has 1 unspecified atom stereocenters. The van der Waals surface area contributed by atoms with E-state index in [1.165, 1.54) is 6.07 Å². The standard InChI is InChI=1S/C14H15ClN2O3S/c15-12-3-1-2-4-13(12)21(19,20)11-6-5-10(9-11)14(18)17-8-7-16/h1-4,10-11H,5-6,8-9H2,(H,17,18)/t10?,11-/m1/s1. The summed E-state index contributed by atoms with van der Waals surface area (Å²) in [4.78, 5) is 11.9. The minimum Gasteiger partial charge on any atom is -0.343 e. The van der Waals surface area contributed by atoms with E-state index in [0.717, 1.165) is 0 Å². The summed E-state index contributed by atoms with van der Waals surface area (Å²) >= 11 is 5.96. The van der Waals surface area contributed by atoms with Crippen LogP contribution in [-0.2, 0) is 14.6 Å². The number of amides is 1. The van der Waals surface area contributed by atoms with Crippen LogP contribution in [0.15, 0.2) is 29.2 Å². The summed E-state index contributed by atoms with van der Waals surface area (Å²) in [5.41, 5.74) is 0. The molecule has 1 saturated carbocycles. The highest BCUT2D eigenvalue weighted by atomic mass is 35.5. The summed E-state index contributed by atoms with van der Waals surface area (Å²) in [5.74, 6) is -0.617. The molecule has 1 aliphatic rings. The smallest absolute Gasteiger partial charge is 0.223 e. The van der Waals surface area contributed by atoms with E-state index in [2.05, 4.69) is 5.32 Å². The first-order valence-electron chi connectivity index (χ1n) is 6.60. The van der Waals surface area contributed by atoms with Gasteiger partial charge in [0.15, 0.2) is 9.84 Å². The molecular formula is C14H15ClN2O3S. The lowest BCUT2D eigenvalue weighted by molar-refractivity contribution is -0.124. The number of nitriles is 1. The zero-order chi connectivity index (χ0) is 15.5. The van der Waals surface area contributed by atoms with Crippen molar-refractivity contribution in [2.75, 3.05) is 6.54 Å². The Kier molecular flexibility index (Phi) is 4.86. The number of nitrogens with one attached hydrogen (secondary N) is 1. The van der Waals surface area contributed by atoms with Crippen molar-refractivity contribution in [3.05, 3.63) is 29.3 Å². The highest BCUT2D eigenvalue weighted by Gasteiger charge is 2.38. The Balaban J connectivity index is 2.13. The molecule has 7 heteroatoms. The van der Waals surface area contributed by atoms with Crippen LogP contribution in [0.3, 0.4) is 0 Å². The normalized spacial score (nSPS) is 21.7. The number of nitrogens with zero attached hydrogens (tertiary/aromatic N) is 1. The number of carbonyl (C=O) groups excluding carboxylic acids is 1. The molecule has 0 radical (unpaired) electrons. The van der Waals surface area contributed by atoms with Gasteiger partial charge in [0.1, 0.15) is 6.54 Å². The first kappa shape index (κ1) is 15.8. The zero-order valence-electron chi connectivity index (χ0n) is 11.3. The maximum Gasteiger partial charge on any atom is 0.223 e. The molecule has 21 heavy (non-hydrogen) atoms. The first-order chi connectivity index (χ1) is 9.96. The van der Waals surface area contributed by atoms with Crippen LogP contribution in [0, 0.1) is 17.2 Å². The van der Waals surface area contributed by atoms with Crippen LogP contribution in [0.5, 0.6) is 0 Å². The quantitative estimate of drug-likeness (QED) is 0.856. The fraction of sp³-hybridized carbons (Fsp3) is 0.429. The summed E-state index contributed by atoms with van der Waals surface area (Å²) in [7, 11) is -3.53. The van der Waals surface area contributed by atoms with E-state index >= 15 is 0 Å². The van der Waals surface area contributed by atoms with Crippen molar-refractivity contribution in [1.82, 2.24) is 5.32 Å². The molecule has 2 rings (SSSR count). The summed E-state index contributed by atoms with van der Waals surface area (Å²) < 4.78 is 25.1. The Morgan fingerprint density at radius 1 is 1.38 bits per heavy atom. The van der Waals surface area contributed by atoms with Crippen LogP contribution in [0.4, 0.5) is 0 Å². The summed E-state index contributed by atoms with van der Waals surface area (Å²) in [5, 5.41) is 10.5. The van der Waals surface area contributed by atoms with Crippen LogP contribution in [0.1, 0.15) is 19.3 Å². The second kappa shape index (κ2) is 6.46. The molecule has 1 aromatic rings. The van der Waals surface area contributed by atoms with Gasteiger partial charge in [-0.1, -0.05) is 23.7 Å². The van der Waals surface area contributed by atoms with Gasteiger partial charge in [0, 0.05) is 5.92 Å². The molecule has 112 valence electrons. The Morgan fingerprint density at radius 3 is 2.76 bits per heavy atom. The first-order valence-corrected chi connectivity index (χ1v) is 8.52. The number of sulfone groups is 1. The van der Waals surface area contributed by atoms with Crippen molar-refractivity contribution >= 4 is 27.3 Å². The highest BCUT2D eigenvalue weighted by Crippen LogP contribution is 2.35. The van der Waals surface area contributed by atoms with Crippen molar-refractivity contribution in [3.63, 3.8) is 0 Å². The molecule has 0 bridgehead atoms. The van der Waals surface area contributed by atoms with Gasteiger partial charge < -0.3 is 5.32 Å². The van der Waals surface area contributed by atoms with Gasteiger partial charge in [-0.2, -0.15) is 5.26 Å². The minimum atomic E-state index is -3.53. The number of halogens is 1. The van der Waals surface area contributed by atoms with E-state index in [0.29, 0.717) is 12.8 Å². The van der Waals surface area contributed by atoms with Gasteiger partial charge in [-0.15, -0.1) is 0 Å². The molecule has 1 aliphatic carbocycles. The molecule has 5 nitrogen and oxygen atoms in total. The van der Waals surface area contributed by atoms with E-state index < -0.39 is 15.1 Å². The summed E-state index contributed by atoms with van der Waals surface area (Å²) in [6.45, 7) is -0.0583. The molecule has 1 amide bonds. The van der Waals surface area contributed by atoms with Crippen LogP contribution < -0.4 is 5.32 Å². The van der Waals surface area contributed by atoms with E-state index in [1.54, 1.807) is 18.2 Å². The van der Waals surface area contributed by atoms with Gasteiger partial charge in [0.05, 0.1) is 21.2 Å². The van der Waals surface area contributed by atoms with Gasteiger partial charge in [0.25, 0.3) is 0 Å². The van der Waals surface area contributed by atoms with Crippen LogP contribution in [-0.4, -0.2) is 26.1 Å². The fourth-order valence-electron chi connectivity index (χ4n) is 2.59. The van der Waals surface area contributed by atoms with Crippen LogP contribution in [0.2, 0.25) is 5.02 Å². The topological polar surface area (TPSA) is 87.0 Å². The lowest BCUT2D eigenvalue weighted by Gasteiger charge is -2.13. The third-order valence-corrected chi connectivity index (χ3v) is 6.40. The third kappa shape index (κ3) is 3.36. The Labute approximate surface area is 128 Å². The van der Waals surface area contributed by atoms with Crippen molar-refractivity contribution < 1.29 is 13.2 Å². The van der Waals surface area contributed by atoms with Gasteiger partial charge in [0.2, 0.25) is 5.91 Å². The maximum absolute atomic E-state index is 12.6. The third-order valence-electron chi connectivity index (χ3n) is 3.68. The lowest BCUT2D eigenvalue weighted by atomic mass is 10.1. The molecule has 0 spiro atoms. The van der Waals surface area contributed by atoms with E-state index in [1.807, 2.05) is 6.07 Å². The Hall–Kier alpha value is -1.58. The molecule has 0 aromatic heterocycles. The number of rotatable bonds is 4. The van der Waals surface area contributed by atoms with Gasteiger partial charge in [-0.3, -0.25) is 4.79 Å². The van der Waals surface area contributed by atoms with Crippen molar-refractivity contribution in [3.8, 4) is 6.07 Å². The maximum atomic E-state index is 12.6. The predicted octanol–water partition coefficient (Wildman–Crippen LogP) is 1.92. The van der Waals surface area contributed by atoms with E-state index in [-0.39, 0.29) is 34.7 Å². The van der Waals surface area contributed by atoms with Crippen molar-refractivity contribution in [2.24, 2.45) is 5.92 Å². The molecule has 0 heterocycles. The van der Waals surface area contributed by atoms with E-state index in [4.69, 9.17) is 16.9 Å². The molecular weight excluding hydrogens is 312 g/mol. The second-order valence-corrected chi connectivity index (χ2v) is 7.59. The molecule has 0 saturated heterocycles. The Bertz CT molecular complexity index is 682. The largest absolute Gasteiger partial charge is 0.343 e. The predicted molar refractivity (Wildman–Crippen MR) is 78.4 cm³/mol. The fourth-order valence-corrected chi connectivity index (χ4v) is 4.94. The zero-order valence-corrected chi connectivity index (χ0v) is 12.8. The monoisotopic (exact) mass is 326 g/mol. The van der Waals surface area contributed by atoms with Crippen LogP contribution >= 0.6 is 11.6 Å². The number of carbonyl (C=O) groups is 1. The molecule has 1 N–H and O–H groups in total. The van der Waals surface area contributed by atoms with Gasteiger partial charge in [-0.25, -0.2) is 8.42 Å². The molecule has 0 aliphatic heterocycles. The highest BCUT2D eigenvalue weighted by molar-refractivity contribution is 7.92.